The smallest absolute Gasteiger partial charge is 0.274 e. The number of rotatable bonds is 4. The van der Waals surface area contributed by atoms with E-state index in [1.807, 2.05) is 19.9 Å². The minimum absolute atomic E-state index is 0.146. The van der Waals surface area contributed by atoms with Gasteiger partial charge in [-0.2, -0.15) is 10.4 Å². The first-order chi connectivity index (χ1) is 8.02. The molecule has 17 heavy (non-hydrogen) atoms. The summed E-state index contributed by atoms with van der Waals surface area (Å²) in [5.74, 6) is -0.204. The quantitative estimate of drug-likeness (QED) is 0.838. The Morgan fingerprint density at radius 1 is 1.76 bits per heavy atom. The van der Waals surface area contributed by atoms with Crippen LogP contribution < -0.4 is 5.73 Å². The number of nitrogens with zero attached hydrogens (tertiary/aromatic N) is 4. The molecule has 6 heteroatoms. The Bertz CT molecular complexity index is 445. The average Bonchev–Trinajstić information content (AvgIpc) is 2.68. The lowest BCUT2D eigenvalue weighted by Crippen LogP contribution is -2.36. The number of carbonyl (C=O) groups is 1. The lowest BCUT2D eigenvalue weighted by atomic mass is 10.2. The third kappa shape index (κ3) is 2.56. The van der Waals surface area contributed by atoms with Gasteiger partial charge in [0.1, 0.15) is 5.69 Å². The van der Waals surface area contributed by atoms with Crippen molar-refractivity contribution in [2.75, 3.05) is 12.8 Å². The Hall–Kier alpha value is -2.03. The lowest BCUT2D eigenvalue weighted by molar-refractivity contribution is 0.0735. The summed E-state index contributed by atoms with van der Waals surface area (Å²) in [6.45, 7) is 4.30. The number of anilines is 1. The molecule has 6 nitrogen and oxygen atoms in total. The Labute approximate surface area is 101 Å². The number of nitrogen functional groups attached to an aromatic ring is 1. The van der Waals surface area contributed by atoms with Crippen LogP contribution in [-0.4, -0.2) is 33.7 Å². The molecule has 1 amide bonds. The van der Waals surface area contributed by atoms with Crippen molar-refractivity contribution in [3.8, 4) is 6.07 Å². The predicted molar refractivity (Wildman–Crippen MR) is 64.1 cm³/mol. The number of carbonyl (C=O) groups excluding carboxylic acids is 1. The summed E-state index contributed by atoms with van der Waals surface area (Å²) < 4.78 is 1.56. The molecule has 0 aliphatic carbocycles. The van der Waals surface area contributed by atoms with Crippen molar-refractivity contribution in [1.29, 1.82) is 5.26 Å². The zero-order valence-corrected chi connectivity index (χ0v) is 10.3. The predicted octanol–water partition coefficient (Wildman–Crippen LogP) is 0.859. The summed E-state index contributed by atoms with van der Waals surface area (Å²) in [5, 5.41) is 12.6. The average molecular weight is 235 g/mol. The van der Waals surface area contributed by atoms with Gasteiger partial charge in [-0.05, 0) is 13.8 Å². The molecule has 0 aliphatic rings. The van der Waals surface area contributed by atoms with Gasteiger partial charge >= 0.3 is 0 Å². The summed E-state index contributed by atoms with van der Waals surface area (Å²) in [6.07, 6.45) is 1.77. The fraction of sp³-hybridized carbons (Fsp3) is 0.545. The standard InChI is InChI=1S/C11H17N5O/c1-4-16-10(9(13)7-14-16)11(17)15(3)8(2)5-6-12/h7-8H,4-5,13H2,1-3H3. The van der Waals surface area contributed by atoms with Crippen molar-refractivity contribution in [3.05, 3.63) is 11.9 Å². The molecule has 0 fully saturated rings. The van der Waals surface area contributed by atoms with E-state index in [1.165, 1.54) is 11.1 Å². The third-order valence-corrected chi connectivity index (χ3v) is 2.74. The molecule has 1 aromatic rings. The fourth-order valence-electron chi connectivity index (χ4n) is 1.51. The second-order valence-corrected chi connectivity index (χ2v) is 3.89. The zero-order chi connectivity index (χ0) is 13.0. The van der Waals surface area contributed by atoms with Crippen molar-refractivity contribution < 1.29 is 4.79 Å². The molecule has 0 saturated carbocycles. The molecule has 1 atom stereocenters. The molecule has 2 N–H and O–H groups in total. The van der Waals surface area contributed by atoms with Crippen LogP contribution in [0.3, 0.4) is 0 Å². The summed E-state index contributed by atoms with van der Waals surface area (Å²) in [5.41, 5.74) is 6.49. The van der Waals surface area contributed by atoms with Crippen molar-refractivity contribution >= 4 is 11.6 Å². The first-order valence-electron chi connectivity index (χ1n) is 5.48. The normalized spacial score (nSPS) is 11.9. The van der Waals surface area contributed by atoms with Crippen LogP contribution in [0.2, 0.25) is 0 Å². The van der Waals surface area contributed by atoms with E-state index >= 15 is 0 Å². The van der Waals surface area contributed by atoms with E-state index in [1.54, 1.807) is 11.7 Å². The van der Waals surface area contributed by atoms with Crippen molar-refractivity contribution in [1.82, 2.24) is 14.7 Å². The van der Waals surface area contributed by atoms with Gasteiger partial charge in [0.05, 0.1) is 24.4 Å². The minimum Gasteiger partial charge on any atom is -0.396 e. The summed E-state index contributed by atoms with van der Waals surface area (Å²) in [4.78, 5) is 13.7. The maximum atomic E-state index is 12.2. The van der Waals surface area contributed by atoms with Gasteiger partial charge in [-0.3, -0.25) is 9.48 Å². The molecule has 1 unspecified atom stereocenters. The van der Waals surface area contributed by atoms with Crippen molar-refractivity contribution in [2.45, 2.75) is 32.9 Å². The molecular weight excluding hydrogens is 218 g/mol. The van der Waals surface area contributed by atoms with E-state index < -0.39 is 0 Å². The van der Waals surface area contributed by atoms with Crippen LogP contribution in [0.15, 0.2) is 6.20 Å². The second-order valence-electron chi connectivity index (χ2n) is 3.89. The van der Waals surface area contributed by atoms with E-state index in [-0.39, 0.29) is 11.9 Å². The number of hydrogen-bond acceptors (Lipinski definition) is 4. The molecular formula is C11H17N5O. The maximum Gasteiger partial charge on any atom is 0.274 e. The Balaban J connectivity index is 2.96. The second kappa shape index (κ2) is 5.34. The van der Waals surface area contributed by atoms with Crippen LogP contribution in [0.25, 0.3) is 0 Å². The van der Waals surface area contributed by atoms with Gasteiger partial charge in [0.2, 0.25) is 0 Å². The molecule has 0 aliphatic heterocycles. The van der Waals surface area contributed by atoms with Gasteiger partial charge in [-0.15, -0.1) is 0 Å². The highest BCUT2D eigenvalue weighted by Gasteiger charge is 2.23. The molecule has 1 rings (SSSR count). The molecule has 0 spiro atoms. The maximum absolute atomic E-state index is 12.2. The molecule has 0 aromatic carbocycles. The van der Waals surface area contributed by atoms with E-state index in [0.29, 0.717) is 24.3 Å². The lowest BCUT2D eigenvalue weighted by Gasteiger charge is -2.23. The number of hydrogen-bond donors (Lipinski definition) is 1. The number of nitrogens with two attached hydrogens (primary N) is 1. The van der Waals surface area contributed by atoms with Gasteiger partial charge in [-0.25, -0.2) is 0 Å². The summed E-state index contributed by atoms with van der Waals surface area (Å²) in [7, 11) is 1.66. The van der Waals surface area contributed by atoms with Crippen LogP contribution in [0.1, 0.15) is 30.8 Å². The summed E-state index contributed by atoms with van der Waals surface area (Å²) >= 11 is 0. The fourth-order valence-corrected chi connectivity index (χ4v) is 1.51. The van der Waals surface area contributed by atoms with E-state index in [9.17, 15) is 4.79 Å². The number of nitriles is 1. The minimum atomic E-state index is -0.204. The van der Waals surface area contributed by atoms with Crippen LogP contribution in [0.5, 0.6) is 0 Å². The van der Waals surface area contributed by atoms with E-state index in [4.69, 9.17) is 11.0 Å². The highest BCUT2D eigenvalue weighted by atomic mass is 16.2. The van der Waals surface area contributed by atoms with E-state index in [0.717, 1.165) is 0 Å². The van der Waals surface area contributed by atoms with Gasteiger partial charge in [0.25, 0.3) is 5.91 Å². The van der Waals surface area contributed by atoms with Gasteiger partial charge in [0, 0.05) is 19.6 Å². The first-order valence-corrected chi connectivity index (χ1v) is 5.48. The highest BCUT2D eigenvalue weighted by molar-refractivity contribution is 5.97. The first kappa shape index (κ1) is 13.0. The largest absolute Gasteiger partial charge is 0.396 e. The number of aryl methyl sites for hydroxylation is 1. The number of amides is 1. The topological polar surface area (TPSA) is 87.9 Å². The molecule has 0 bridgehead atoms. The molecule has 0 saturated heterocycles. The zero-order valence-electron chi connectivity index (χ0n) is 10.3. The summed E-state index contributed by atoms with van der Waals surface area (Å²) in [6, 6.07) is 1.90. The van der Waals surface area contributed by atoms with Crippen LogP contribution in [0, 0.1) is 11.3 Å². The van der Waals surface area contributed by atoms with Crippen LogP contribution in [0.4, 0.5) is 5.69 Å². The van der Waals surface area contributed by atoms with Gasteiger partial charge in [-0.1, -0.05) is 0 Å². The third-order valence-electron chi connectivity index (χ3n) is 2.74. The Morgan fingerprint density at radius 3 is 2.94 bits per heavy atom. The molecule has 0 radical (unpaired) electrons. The molecule has 92 valence electrons. The molecule has 1 heterocycles. The molecule has 1 aromatic heterocycles. The van der Waals surface area contributed by atoms with Crippen molar-refractivity contribution in [3.63, 3.8) is 0 Å². The number of aromatic nitrogens is 2. The SMILES string of the molecule is CCn1ncc(N)c1C(=O)N(C)C(C)CC#N. The highest BCUT2D eigenvalue weighted by Crippen LogP contribution is 2.15. The van der Waals surface area contributed by atoms with E-state index in [2.05, 4.69) is 5.10 Å². The van der Waals surface area contributed by atoms with Crippen LogP contribution >= 0.6 is 0 Å². The monoisotopic (exact) mass is 235 g/mol. The van der Waals surface area contributed by atoms with Gasteiger partial charge in [0.15, 0.2) is 0 Å². The Kier molecular flexibility index (Phi) is 4.10. The Morgan fingerprint density at radius 2 is 2.41 bits per heavy atom. The van der Waals surface area contributed by atoms with Gasteiger partial charge < -0.3 is 10.6 Å². The van der Waals surface area contributed by atoms with Crippen LogP contribution in [-0.2, 0) is 6.54 Å². The van der Waals surface area contributed by atoms with Crippen molar-refractivity contribution in [2.24, 2.45) is 0 Å².